The van der Waals surface area contributed by atoms with Gasteiger partial charge in [-0.1, -0.05) is 48.5 Å². The number of benzene rings is 3. The molecule has 2 aromatic heterocycles. The summed E-state index contributed by atoms with van der Waals surface area (Å²) in [6.07, 6.45) is 1.40. The Morgan fingerprint density at radius 1 is 1.00 bits per heavy atom. The van der Waals surface area contributed by atoms with Gasteiger partial charge in [-0.2, -0.15) is 0 Å². The Bertz CT molecular complexity index is 1450. The van der Waals surface area contributed by atoms with E-state index in [9.17, 15) is 9.59 Å². The Hall–Kier alpha value is -3.84. The van der Waals surface area contributed by atoms with E-state index in [0.29, 0.717) is 16.0 Å². The molecule has 3 aromatic carbocycles. The normalized spacial score (nSPS) is 11.1. The lowest BCUT2D eigenvalue weighted by molar-refractivity contribution is -0.116. The fourth-order valence-electron chi connectivity index (χ4n) is 3.34. The SMILES string of the molecule is O=C(Cn1cnc2ccccc2c1=O)Nc1nc(-c2ccc3ccccc3c2)cs1. The summed E-state index contributed by atoms with van der Waals surface area (Å²) in [4.78, 5) is 33.8. The van der Waals surface area contributed by atoms with Crippen LogP contribution in [-0.2, 0) is 11.3 Å². The second-order valence-corrected chi connectivity index (χ2v) is 7.70. The van der Waals surface area contributed by atoms with E-state index in [-0.39, 0.29) is 18.0 Å². The second-order valence-electron chi connectivity index (χ2n) is 6.84. The van der Waals surface area contributed by atoms with Crippen LogP contribution in [0.4, 0.5) is 5.13 Å². The van der Waals surface area contributed by atoms with E-state index in [4.69, 9.17) is 0 Å². The van der Waals surface area contributed by atoms with E-state index >= 15 is 0 Å². The molecule has 2 heterocycles. The smallest absolute Gasteiger partial charge is 0.261 e. The molecule has 6 nitrogen and oxygen atoms in total. The van der Waals surface area contributed by atoms with Crippen LogP contribution in [0.15, 0.2) is 83.2 Å². The van der Waals surface area contributed by atoms with E-state index in [1.54, 1.807) is 18.2 Å². The molecule has 0 bridgehead atoms. The minimum atomic E-state index is -0.325. The van der Waals surface area contributed by atoms with E-state index < -0.39 is 0 Å². The predicted octanol–water partition coefficient (Wildman–Crippen LogP) is 4.31. The van der Waals surface area contributed by atoms with Crippen molar-refractivity contribution in [2.45, 2.75) is 6.54 Å². The largest absolute Gasteiger partial charge is 0.300 e. The van der Waals surface area contributed by atoms with Crippen molar-refractivity contribution in [3.05, 3.63) is 88.8 Å². The number of thiazole rings is 1. The molecule has 0 saturated heterocycles. The first-order valence-corrected chi connectivity index (χ1v) is 10.2. The zero-order valence-electron chi connectivity index (χ0n) is 15.8. The molecule has 0 fully saturated rings. The van der Waals surface area contributed by atoms with Crippen LogP contribution in [-0.4, -0.2) is 20.4 Å². The minimum Gasteiger partial charge on any atom is -0.300 e. The maximum atomic E-state index is 12.5. The molecule has 0 unspecified atom stereocenters. The highest BCUT2D eigenvalue weighted by molar-refractivity contribution is 7.14. The standard InChI is InChI=1S/C23H16N4O2S/c28-21(12-27-14-24-19-8-4-3-7-18(19)22(27)29)26-23-25-20(13-30-23)17-10-9-15-5-1-2-6-16(15)11-17/h1-11,13-14H,12H2,(H,25,26,28). The molecule has 0 atom stereocenters. The van der Waals surface area contributed by atoms with Crippen molar-refractivity contribution >= 4 is 44.1 Å². The second kappa shape index (κ2) is 7.53. The molecule has 5 aromatic rings. The number of hydrogen-bond acceptors (Lipinski definition) is 5. The van der Waals surface area contributed by atoms with E-state index in [2.05, 4.69) is 39.6 Å². The van der Waals surface area contributed by atoms with E-state index in [0.717, 1.165) is 16.6 Å². The highest BCUT2D eigenvalue weighted by atomic mass is 32.1. The Balaban J connectivity index is 1.34. The zero-order valence-corrected chi connectivity index (χ0v) is 16.6. The van der Waals surface area contributed by atoms with Crippen LogP contribution in [0.3, 0.4) is 0 Å². The van der Waals surface area contributed by atoms with Crippen molar-refractivity contribution in [1.29, 1.82) is 0 Å². The lowest BCUT2D eigenvalue weighted by atomic mass is 10.1. The van der Waals surface area contributed by atoms with Crippen LogP contribution in [0, 0.1) is 0 Å². The lowest BCUT2D eigenvalue weighted by Gasteiger charge is -2.06. The van der Waals surface area contributed by atoms with Gasteiger partial charge in [-0.05, 0) is 29.0 Å². The Morgan fingerprint density at radius 2 is 1.80 bits per heavy atom. The molecule has 0 aliphatic carbocycles. The molecule has 5 rings (SSSR count). The number of fused-ring (bicyclic) bond motifs is 2. The Morgan fingerprint density at radius 3 is 2.70 bits per heavy atom. The number of rotatable bonds is 4. The average Bonchev–Trinajstić information content (AvgIpc) is 3.24. The van der Waals surface area contributed by atoms with Crippen LogP contribution in [0.25, 0.3) is 32.9 Å². The van der Waals surface area contributed by atoms with Crippen LogP contribution in [0.5, 0.6) is 0 Å². The Kier molecular flexibility index (Phi) is 4.57. The van der Waals surface area contributed by atoms with Gasteiger partial charge >= 0.3 is 0 Å². The topological polar surface area (TPSA) is 76.9 Å². The fourth-order valence-corrected chi connectivity index (χ4v) is 4.08. The summed E-state index contributed by atoms with van der Waals surface area (Å²) < 4.78 is 1.30. The Labute approximate surface area is 175 Å². The zero-order chi connectivity index (χ0) is 20.5. The van der Waals surface area contributed by atoms with Crippen molar-refractivity contribution < 1.29 is 4.79 Å². The third-order valence-corrected chi connectivity index (χ3v) is 5.60. The summed E-state index contributed by atoms with van der Waals surface area (Å²) in [6, 6.07) is 21.4. The highest BCUT2D eigenvalue weighted by Gasteiger charge is 2.11. The molecule has 0 spiro atoms. The quantitative estimate of drug-likeness (QED) is 0.477. The average molecular weight is 412 g/mol. The van der Waals surface area contributed by atoms with Crippen molar-refractivity contribution in [2.75, 3.05) is 5.32 Å². The van der Waals surface area contributed by atoms with Gasteiger partial charge in [0.1, 0.15) is 6.54 Å². The molecule has 7 heteroatoms. The number of aromatic nitrogens is 3. The van der Waals surface area contributed by atoms with Gasteiger partial charge in [0.15, 0.2) is 5.13 Å². The van der Waals surface area contributed by atoms with E-state index in [1.165, 1.54) is 27.6 Å². The molecular formula is C23H16N4O2S. The van der Waals surface area contributed by atoms with Gasteiger partial charge in [0.25, 0.3) is 5.56 Å². The molecule has 0 aliphatic rings. The lowest BCUT2D eigenvalue weighted by Crippen LogP contribution is -2.27. The molecule has 0 aliphatic heterocycles. The van der Waals surface area contributed by atoms with Gasteiger partial charge in [0.2, 0.25) is 5.91 Å². The predicted molar refractivity (Wildman–Crippen MR) is 120 cm³/mol. The number of nitrogens with zero attached hydrogens (tertiary/aromatic N) is 3. The first kappa shape index (κ1) is 18.2. The van der Waals surface area contributed by atoms with Crippen LogP contribution in [0.2, 0.25) is 0 Å². The third kappa shape index (κ3) is 3.46. The van der Waals surface area contributed by atoms with Crippen molar-refractivity contribution in [2.24, 2.45) is 0 Å². The summed E-state index contributed by atoms with van der Waals surface area (Å²) in [5.74, 6) is -0.325. The first-order valence-electron chi connectivity index (χ1n) is 9.36. The highest BCUT2D eigenvalue weighted by Crippen LogP contribution is 2.27. The monoisotopic (exact) mass is 412 g/mol. The summed E-state index contributed by atoms with van der Waals surface area (Å²) in [5.41, 5.74) is 2.15. The van der Waals surface area contributed by atoms with Crippen molar-refractivity contribution in [1.82, 2.24) is 14.5 Å². The van der Waals surface area contributed by atoms with Gasteiger partial charge in [-0.15, -0.1) is 11.3 Å². The number of hydrogen-bond donors (Lipinski definition) is 1. The van der Waals surface area contributed by atoms with Crippen LogP contribution in [0.1, 0.15) is 0 Å². The molecule has 146 valence electrons. The number of nitrogens with one attached hydrogen (secondary N) is 1. The molecular weight excluding hydrogens is 396 g/mol. The van der Waals surface area contributed by atoms with Crippen LogP contribution >= 0.6 is 11.3 Å². The van der Waals surface area contributed by atoms with Gasteiger partial charge in [0, 0.05) is 10.9 Å². The fraction of sp³-hybridized carbons (Fsp3) is 0.0435. The minimum absolute atomic E-state index is 0.123. The number of carbonyl (C=O) groups excluding carboxylic acids is 1. The van der Waals surface area contributed by atoms with Gasteiger partial charge < -0.3 is 5.32 Å². The third-order valence-electron chi connectivity index (χ3n) is 4.84. The molecule has 1 amide bonds. The number of anilines is 1. The summed E-state index contributed by atoms with van der Waals surface area (Å²) in [6.45, 7) is -0.123. The number of amides is 1. The molecule has 1 N–H and O–H groups in total. The van der Waals surface area contributed by atoms with Crippen LogP contribution < -0.4 is 10.9 Å². The van der Waals surface area contributed by atoms with Gasteiger partial charge in [0.05, 0.1) is 22.9 Å². The summed E-state index contributed by atoms with van der Waals surface area (Å²) >= 11 is 1.35. The van der Waals surface area contributed by atoms with Crippen molar-refractivity contribution in [3.63, 3.8) is 0 Å². The van der Waals surface area contributed by atoms with Gasteiger partial charge in [-0.25, -0.2) is 9.97 Å². The van der Waals surface area contributed by atoms with E-state index in [1.807, 2.05) is 29.6 Å². The first-order chi connectivity index (χ1) is 14.7. The molecule has 0 radical (unpaired) electrons. The maximum absolute atomic E-state index is 12.5. The maximum Gasteiger partial charge on any atom is 0.261 e. The molecule has 0 saturated carbocycles. The number of para-hydroxylation sites is 1. The van der Waals surface area contributed by atoms with Gasteiger partial charge in [-0.3, -0.25) is 14.2 Å². The molecule has 30 heavy (non-hydrogen) atoms. The van der Waals surface area contributed by atoms with Crippen molar-refractivity contribution in [3.8, 4) is 11.3 Å². The summed E-state index contributed by atoms with van der Waals surface area (Å²) in [5, 5.41) is 7.96. The number of carbonyl (C=O) groups is 1. The summed E-state index contributed by atoms with van der Waals surface area (Å²) in [7, 11) is 0.